The Hall–Kier alpha value is -3.42. The number of fused-ring (bicyclic) bond motifs is 1. The lowest BCUT2D eigenvalue weighted by atomic mass is 9.89. The Morgan fingerprint density at radius 2 is 1.75 bits per heavy atom. The average Bonchev–Trinajstić information content (AvgIpc) is 2.81. The fourth-order valence-corrected chi connectivity index (χ4v) is 4.09. The van der Waals surface area contributed by atoms with E-state index in [0.717, 1.165) is 23.6 Å². The number of aliphatic hydroxyl groups is 1. The molecule has 1 atom stereocenters. The van der Waals surface area contributed by atoms with Crippen molar-refractivity contribution in [1.29, 1.82) is 0 Å². The van der Waals surface area contributed by atoms with Crippen molar-refractivity contribution in [1.82, 2.24) is 4.90 Å². The van der Waals surface area contributed by atoms with Gasteiger partial charge in [-0.2, -0.15) is 0 Å². The molecule has 3 aromatic rings. The Balaban J connectivity index is 1.50. The predicted molar refractivity (Wildman–Crippen MR) is 127 cm³/mol. The van der Waals surface area contributed by atoms with Crippen LogP contribution < -0.4 is 0 Å². The predicted octanol–water partition coefficient (Wildman–Crippen LogP) is 4.70. The van der Waals surface area contributed by atoms with E-state index in [2.05, 4.69) is 11.8 Å². The standard InChI is InChI=1S/C28H27NO3/c1-28(2,32)15-14-20-7-5-10-24(17-20)27(31)29-16-6-11-25(19-29)26(30)23-13-12-21-8-3-4-9-22(21)18-23/h3-5,7-10,12-13,17-18,25,32H,6,11,16,19H2,1-2H3/t25-/m1/s1. The Labute approximate surface area is 188 Å². The molecule has 0 unspecified atom stereocenters. The molecule has 0 bridgehead atoms. The lowest BCUT2D eigenvalue weighted by Gasteiger charge is -2.32. The lowest BCUT2D eigenvalue weighted by molar-refractivity contribution is 0.0637. The third-order valence-corrected chi connectivity index (χ3v) is 5.74. The zero-order chi connectivity index (χ0) is 22.7. The van der Waals surface area contributed by atoms with Crippen LogP contribution in [0.25, 0.3) is 10.8 Å². The van der Waals surface area contributed by atoms with E-state index < -0.39 is 5.60 Å². The number of likely N-dealkylation sites (tertiary alicyclic amines) is 1. The maximum absolute atomic E-state index is 13.2. The van der Waals surface area contributed by atoms with E-state index in [-0.39, 0.29) is 17.6 Å². The number of ketones is 1. The SMILES string of the molecule is CC(C)(O)C#Cc1cccc(C(=O)N2CCC[C@@H](C(=O)c3ccc4ccccc4c3)C2)c1. The van der Waals surface area contributed by atoms with E-state index in [0.29, 0.717) is 29.8 Å². The van der Waals surface area contributed by atoms with Gasteiger partial charge in [0.25, 0.3) is 5.91 Å². The van der Waals surface area contributed by atoms with E-state index in [4.69, 9.17) is 0 Å². The maximum Gasteiger partial charge on any atom is 0.253 e. The third-order valence-electron chi connectivity index (χ3n) is 5.74. The second-order valence-corrected chi connectivity index (χ2v) is 8.91. The normalized spacial score (nSPS) is 16.3. The molecule has 162 valence electrons. The van der Waals surface area contributed by atoms with Crippen molar-refractivity contribution >= 4 is 22.5 Å². The van der Waals surface area contributed by atoms with Gasteiger partial charge in [0.05, 0.1) is 0 Å². The number of carbonyl (C=O) groups excluding carboxylic acids is 2. The summed E-state index contributed by atoms with van der Waals surface area (Å²) in [7, 11) is 0. The molecule has 0 aliphatic carbocycles. The van der Waals surface area contributed by atoms with Crippen LogP contribution in [0.2, 0.25) is 0 Å². The molecule has 0 saturated carbocycles. The van der Waals surface area contributed by atoms with Crippen molar-refractivity contribution in [2.75, 3.05) is 13.1 Å². The zero-order valence-corrected chi connectivity index (χ0v) is 18.5. The van der Waals surface area contributed by atoms with E-state index >= 15 is 0 Å². The Morgan fingerprint density at radius 1 is 0.969 bits per heavy atom. The molecule has 1 amide bonds. The molecule has 32 heavy (non-hydrogen) atoms. The van der Waals surface area contributed by atoms with Crippen LogP contribution in [0.3, 0.4) is 0 Å². The lowest BCUT2D eigenvalue weighted by Crippen LogP contribution is -2.42. The summed E-state index contributed by atoms with van der Waals surface area (Å²) in [6.45, 7) is 4.30. The van der Waals surface area contributed by atoms with Gasteiger partial charge in [0, 0.05) is 35.7 Å². The van der Waals surface area contributed by atoms with Crippen molar-refractivity contribution in [2.24, 2.45) is 5.92 Å². The molecule has 0 spiro atoms. The maximum atomic E-state index is 13.2. The topological polar surface area (TPSA) is 57.6 Å². The highest BCUT2D eigenvalue weighted by molar-refractivity contribution is 6.02. The first-order valence-corrected chi connectivity index (χ1v) is 11.0. The number of rotatable bonds is 3. The zero-order valence-electron chi connectivity index (χ0n) is 18.5. The number of nitrogens with zero attached hydrogens (tertiary/aromatic N) is 1. The quantitative estimate of drug-likeness (QED) is 0.489. The molecule has 1 saturated heterocycles. The summed E-state index contributed by atoms with van der Waals surface area (Å²) in [5.74, 6) is 5.50. The van der Waals surface area contributed by atoms with Gasteiger partial charge in [0.15, 0.2) is 5.78 Å². The van der Waals surface area contributed by atoms with E-state index in [1.54, 1.807) is 36.9 Å². The molecule has 0 radical (unpaired) electrons. The second kappa shape index (κ2) is 8.98. The van der Waals surface area contributed by atoms with Crippen LogP contribution in [0.4, 0.5) is 0 Å². The Morgan fingerprint density at radius 3 is 2.53 bits per heavy atom. The number of amides is 1. The number of benzene rings is 3. The molecule has 0 aromatic heterocycles. The van der Waals surface area contributed by atoms with Crippen LogP contribution in [0, 0.1) is 17.8 Å². The highest BCUT2D eigenvalue weighted by Crippen LogP contribution is 2.24. The van der Waals surface area contributed by atoms with Gasteiger partial charge in [-0.3, -0.25) is 9.59 Å². The van der Waals surface area contributed by atoms with Crippen molar-refractivity contribution < 1.29 is 14.7 Å². The molecule has 4 heteroatoms. The number of piperidine rings is 1. The van der Waals surface area contributed by atoms with Gasteiger partial charge in [-0.05, 0) is 61.7 Å². The molecular formula is C28H27NO3. The van der Waals surface area contributed by atoms with Crippen LogP contribution in [0.15, 0.2) is 66.7 Å². The number of hydrogen-bond donors (Lipinski definition) is 1. The Bertz CT molecular complexity index is 1230. The van der Waals surface area contributed by atoms with Crippen molar-refractivity contribution in [2.45, 2.75) is 32.3 Å². The molecule has 4 nitrogen and oxygen atoms in total. The second-order valence-electron chi connectivity index (χ2n) is 8.91. The van der Waals surface area contributed by atoms with Crippen molar-refractivity contribution in [3.05, 3.63) is 83.4 Å². The molecule has 3 aromatic carbocycles. The summed E-state index contributed by atoms with van der Waals surface area (Å²) < 4.78 is 0. The number of hydrogen-bond acceptors (Lipinski definition) is 3. The summed E-state index contributed by atoms with van der Waals surface area (Å²) in [5, 5.41) is 12.0. The molecule has 1 N–H and O–H groups in total. The highest BCUT2D eigenvalue weighted by Gasteiger charge is 2.29. The number of carbonyl (C=O) groups is 2. The minimum atomic E-state index is -1.09. The molecule has 4 rings (SSSR count). The third kappa shape index (κ3) is 5.07. The monoisotopic (exact) mass is 425 g/mol. The van der Waals surface area contributed by atoms with E-state index in [1.807, 2.05) is 48.5 Å². The first-order chi connectivity index (χ1) is 15.3. The fourth-order valence-electron chi connectivity index (χ4n) is 4.09. The van der Waals surface area contributed by atoms with Gasteiger partial charge in [-0.25, -0.2) is 0 Å². The summed E-state index contributed by atoms with van der Waals surface area (Å²) in [6, 6.07) is 20.9. The van der Waals surface area contributed by atoms with Crippen LogP contribution in [-0.4, -0.2) is 40.4 Å². The summed E-state index contributed by atoms with van der Waals surface area (Å²) >= 11 is 0. The van der Waals surface area contributed by atoms with E-state index in [9.17, 15) is 14.7 Å². The van der Waals surface area contributed by atoms with Crippen LogP contribution >= 0.6 is 0 Å². The largest absolute Gasteiger partial charge is 0.378 e. The van der Waals surface area contributed by atoms with Gasteiger partial charge in [-0.15, -0.1) is 0 Å². The van der Waals surface area contributed by atoms with Gasteiger partial charge in [-0.1, -0.05) is 54.3 Å². The first kappa shape index (κ1) is 21.8. The van der Waals surface area contributed by atoms with E-state index in [1.165, 1.54) is 0 Å². The Kier molecular flexibility index (Phi) is 6.12. The minimum Gasteiger partial charge on any atom is -0.378 e. The van der Waals surface area contributed by atoms with Crippen LogP contribution in [0.1, 0.15) is 53.0 Å². The van der Waals surface area contributed by atoms with Crippen LogP contribution in [-0.2, 0) is 0 Å². The number of Topliss-reactive ketones (excluding diaryl/α,β-unsaturated/α-hetero) is 1. The summed E-state index contributed by atoms with van der Waals surface area (Å²) in [4.78, 5) is 28.1. The van der Waals surface area contributed by atoms with Gasteiger partial charge >= 0.3 is 0 Å². The molecule has 1 aliphatic heterocycles. The molecule has 1 fully saturated rings. The van der Waals surface area contributed by atoms with Gasteiger partial charge in [0.2, 0.25) is 0 Å². The van der Waals surface area contributed by atoms with Gasteiger partial charge in [0.1, 0.15) is 5.60 Å². The minimum absolute atomic E-state index is 0.0899. The van der Waals surface area contributed by atoms with Crippen LogP contribution in [0.5, 0.6) is 0 Å². The van der Waals surface area contributed by atoms with Gasteiger partial charge < -0.3 is 10.0 Å². The molecular weight excluding hydrogens is 398 g/mol. The highest BCUT2D eigenvalue weighted by atomic mass is 16.3. The van der Waals surface area contributed by atoms with Crippen molar-refractivity contribution in [3.8, 4) is 11.8 Å². The molecule has 1 aliphatic rings. The van der Waals surface area contributed by atoms with Crippen molar-refractivity contribution in [3.63, 3.8) is 0 Å². The summed E-state index contributed by atoms with van der Waals surface area (Å²) in [6.07, 6.45) is 1.58. The first-order valence-electron chi connectivity index (χ1n) is 11.0. The fraction of sp³-hybridized carbons (Fsp3) is 0.286. The smallest absolute Gasteiger partial charge is 0.253 e. The molecule has 1 heterocycles. The average molecular weight is 426 g/mol. The summed E-state index contributed by atoms with van der Waals surface area (Å²) in [5.41, 5.74) is 0.834.